The maximum atomic E-state index is 16.1. The van der Waals surface area contributed by atoms with Crippen LogP contribution in [-0.4, -0.2) is 67.8 Å². The molecular formula is C44H44Cl2F2N4O8. The zero-order valence-corrected chi connectivity index (χ0v) is 35.0. The number of hydroxylamine groups is 2. The number of hydrogen-bond acceptors (Lipinski definition) is 10. The van der Waals surface area contributed by atoms with Gasteiger partial charge in [0.25, 0.3) is 0 Å². The summed E-state index contributed by atoms with van der Waals surface area (Å²) in [5, 5.41) is 17.8. The SMILES string of the molecule is COc1cc(C(=O)OCCOC(=O)N(OCc2ccccc2)[C@@H](C)C=O)ccc1NC(=O)[C@@H]1N[C@@H](CC(C)(C)C)[C@](C#N)(c2ccc(Cl)cc2F)[C@H]1c1cccc(Cl)c1F. The van der Waals surface area contributed by atoms with Crippen LogP contribution >= 0.6 is 23.2 Å². The van der Waals surface area contributed by atoms with Crippen LogP contribution in [0.5, 0.6) is 5.75 Å². The van der Waals surface area contributed by atoms with Crippen LogP contribution in [0.15, 0.2) is 84.9 Å². The Morgan fingerprint density at radius 2 is 1.72 bits per heavy atom. The molecule has 1 saturated heterocycles. The second-order valence-electron chi connectivity index (χ2n) is 15.3. The van der Waals surface area contributed by atoms with Gasteiger partial charge in [0.2, 0.25) is 5.91 Å². The minimum Gasteiger partial charge on any atom is -0.495 e. The van der Waals surface area contributed by atoms with E-state index in [9.17, 15) is 24.4 Å². The van der Waals surface area contributed by atoms with Crippen LogP contribution in [0.2, 0.25) is 10.0 Å². The molecule has 60 heavy (non-hydrogen) atoms. The first kappa shape index (κ1) is 45.5. The summed E-state index contributed by atoms with van der Waals surface area (Å²) >= 11 is 12.4. The molecule has 0 saturated carbocycles. The van der Waals surface area contributed by atoms with Crippen molar-refractivity contribution in [1.82, 2.24) is 10.4 Å². The molecule has 0 unspecified atom stereocenters. The number of hydrogen-bond donors (Lipinski definition) is 2. The second-order valence-corrected chi connectivity index (χ2v) is 16.1. The van der Waals surface area contributed by atoms with E-state index in [2.05, 4.69) is 16.7 Å². The Balaban J connectivity index is 1.35. The normalized spacial score (nSPS) is 19.1. The number of ether oxygens (including phenoxy) is 3. The van der Waals surface area contributed by atoms with Crippen molar-refractivity contribution < 1.29 is 47.0 Å². The highest BCUT2D eigenvalue weighted by Crippen LogP contribution is 2.53. The first-order chi connectivity index (χ1) is 28.5. The number of nitrogens with zero attached hydrogens (tertiary/aromatic N) is 2. The number of nitrogens with one attached hydrogen (secondary N) is 2. The van der Waals surface area contributed by atoms with Gasteiger partial charge in [-0.15, -0.1) is 0 Å². The molecule has 16 heteroatoms. The van der Waals surface area contributed by atoms with Crippen molar-refractivity contribution in [2.45, 2.75) is 70.2 Å². The number of methoxy groups -OCH3 is 1. The lowest BCUT2D eigenvalue weighted by Crippen LogP contribution is -2.45. The molecule has 2 N–H and O–H groups in total. The first-order valence-corrected chi connectivity index (χ1v) is 19.6. The largest absolute Gasteiger partial charge is 0.495 e. The number of esters is 1. The zero-order valence-electron chi connectivity index (χ0n) is 33.5. The van der Waals surface area contributed by atoms with E-state index in [-0.39, 0.29) is 64.4 Å². The molecule has 0 spiro atoms. The first-order valence-electron chi connectivity index (χ1n) is 18.9. The summed E-state index contributed by atoms with van der Waals surface area (Å²) in [6.07, 6.45) is -0.183. The van der Waals surface area contributed by atoms with E-state index in [0.717, 1.165) is 16.7 Å². The molecule has 0 radical (unpaired) electrons. The van der Waals surface area contributed by atoms with Gasteiger partial charge in [-0.25, -0.2) is 18.4 Å². The van der Waals surface area contributed by atoms with Crippen LogP contribution in [0, 0.1) is 28.4 Å². The average molecular weight is 866 g/mol. The van der Waals surface area contributed by atoms with E-state index < -0.39 is 64.5 Å². The number of amides is 2. The van der Waals surface area contributed by atoms with Crippen molar-refractivity contribution in [1.29, 1.82) is 5.26 Å². The molecule has 5 rings (SSSR count). The van der Waals surface area contributed by atoms with Gasteiger partial charge in [-0.1, -0.05) is 92.5 Å². The highest BCUT2D eigenvalue weighted by atomic mass is 35.5. The number of aldehydes is 1. The lowest BCUT2D eigenvalue weighted by molar-refractivity contribution is -0.169. The number of anilines is 1. The van der Waals surface area contributed by atoms with Crippen molar-refractivity contribution >= 4 is 53.1 Å². The van der Waals surface area contributed by atoms with E-state index >= 15 is 8.78 Å². The van der Waals surface area contributed by atoms with Gasteiger partial charge in [0.15, 0.2) is 0 Å². The van der Waals surface area contributed by atoms with Crippen molar-refractivity contribution in [3.63, 3.8) is 0 Å². The van der Waals surface area contributed by atoms with Gasteiger partial charge in [-0.3, -0.25) is 9.63 Å². The van der Waals surface area contributed by atoms with Crippen LogP contribution in [0.1, 0.15) is 67.1 Å². The van der Waals surface area contributed by atoms with Gasteiger partial charge in [-0.05, 0) is 66.3 Å². The Morgan fingerprint density at radius 1 is 1.00 bits per heavy atom. The standard InChI is InChI=1S/C44H44Cl2F2N4O8/c1-26(23-53)52(60-24-27-10-7-6-8-11-27)42(56)59-19-18-58-41(55)28-14-17-34(35(20-28)57-5)50-40(54)39-37(30-12-9-13-32(46)38(30)48)44(25-49,36(51-39)22-43(2,3)4)31-16-15-29(45)21-33(31)47/h6-17,20-21,23,26,36-37,39,51H,18-19,22,24H2,1-5H3,(H,50,54)/t26-,36-,37-,39+,44-/m0/s1. The van der Waals surface area contributed by atoms with E-state index in [4.69, 9.17) is 42.3 Å². The Labute approximate surface area is 356 Å². The summed E-state index contributed by atoms with van der Waals surface area (Å²) in [5.41, 5.74) is -1.57. The number of benzene rings is 4. The summed E-state index contributed by atoms with van der Waals surface area (Å²) in [5.74, 6) is -4.48. The summed E-state index contributed by atoms with van der Waals surface area (Å²) in [7, 11) is 1.31. The molecule has 1 heterocycles. The molecule has 0 aromatic heterocycles. The number of nitriles is 1. The van der Waals surface area contributed by atoms with Crippen LogP contribution in [0.4, 0.5) is 19.3 Å². The van der Waals surface area contributed by atoms with Crippen molar-refractivity contribution in [3.8, 4) is 11.8 Å². The van der Waals surface area contributed by atoms with Crippen LogP contribution in [0.3, 0.4) is 0 Å². The molecule has 0 bridgehead atoms. The third kappa shape index (κ3) is 10.2. The molecule has 316 valence electrons. The second kappa shape index (κ2) is 19.6. The highest BCUT2D eigenvalue weighted by molar-refractivity contribution is 6.31. The van der Waals surface area contributed by atoms with Crippen LogP contribution in [0.25, 0.3) is 0 Å². The molecule has 5 atom stereocenters. The fraction of sp³-hybridized carbons (Fsp3) is 0.341. The zero-order chi connectivity index (χ0) is 43.8. The van der Waals surface area contributed by atoms with E-state index in [1.54, 1.807) is 24.3 Å². The highest BCUT2D eigenvalue weighted by Gasteiger charge is 2.61. The van der Waals surface area contributed by atoms with Crippen molar-refractivity contribution in [2.24, 2.45) is 5.41 Å². The van der Waals surface area contributed by atoms with Gasteiger partial charge in [0, 0.05) is 22.5 Å². The van der Waals surface area contributed by atoms with E-state index in [1.807, 2.05) is 26.8 Å². The molecule has 1 aliphatic rings. The van der Waals surface area contributed by atoms with Crippen LogP contribution < -0.4 is 15.4 Å². The summed E-state index contributed by atoms with van der Waals surface area (Å²) in [6.45, 7) is 6.51. The number of carbonyl (C=O) groups excluding carboxylic acids is 4. The maximum absolute atomic E-state index is 16.1. The number of rotatable bonds is 15. The van der Waals surface area contributed by atoms with Crippen molar-refractivity contribution in [3.05, 3.63) is 129 Å². The molecule has 4 aromatic rings. The summed E-state index contributed by atoms with van der Waals surface area (Å²) in [4.78, 5) is 57.1. The lowest BCUT2D eigenvalue weighted by atomic mass is 9.62. The predicted octanol–water partition coefficient (Wildman–Crippen LogP) is 8.56. The monoisotopic (exact) mass is 864 g/mol. The van der Waals surface area contributed by atoms with Gasteiger partial charge < -0.3 is 29.6 Å². The topological polar surface area (TPSA) is 156 Å². The van der Waals surface area contributed by atoms with E-state index in [0.29, 0.717) is 6.29 Å². The third-order valence-corrected chi connectivity index (χ3v) is 10.5. The number of halogens is 4. The Morgan fingerprint density at radius 3 is 2.37 bits per heavy atom. The molecule has 2 amide bonds. The third-order valence-electron chi connectivity index (χ3n) is 9.93. The average Bonchev–Trinajstić information content (AvgIpc) is 3.53. The summed E-state index contributed by atoms with van der Waals surface area (Å²) in [6, 6.07) is 20.3. The van der Waals surface area contributed by atoms with Crippen LogP contribution in [-0.2, 0) is 35.9 Å². The molecule has 1 aliphatic heterocycles. The predicted molar refractivity (Wildman–Crippen MR) is 219 cm³/mol. The minimum absolute atomic E-state index is 0.00133. The quantitative estimate of drug-likeness (QED) is 0.0514. The Hall–Kier alpha value is -5.59. The molecule has 0 aliphatic carbocycles. The molecular weight excluding hydrogens is 821 g/mol. The maximum Gasteiger partial charge on any atom is 0.434 e. The van der Waals surface area contributed by atoms with Gasteiger partial charge in [-0.2, -0.15) is 10.3 Å². The van der Waals surface area contributed by atoms with E-state index in [1.165, 1.54) is 62.6 Å². The molecule has 1 fully saturated rings. The van der Waals surface area contributed by atoms with Gasteiger partial charge >= 0.3 is 12.1 Å². The summed E-state index contributed by atoms with van der Waals surface area (Å²) < 4.78 is 48.1. The molecule has 4 aromatic carbocycles. The smallest absolute Gasteiger partial charge is 0.434 e. The minimum atomic E-state index is -1.85. The van der Waals surface area contributed by atoms with Gasteiger partial charge in [0.05, 0.1) is 35.5 Å². The molecule has 12 nitrogen and oxygen atoms in total. The Bertz CT molecular complexity index is 2250. The lowest BCUT2D eigenvalue weighted by Gasteiger charge is -2.37. The number of carbonyl (C=O) groups is 4. The van der Waals surface area contributed by atoms with Crippen molar-refractivity contribution in [2.75, 3.05) is 25.6 Å². The fourth-order valence-corrected chi connectivity index (χ4v) is 7.55. The van der Waals surface area contributed by atoms with Gasteiger partial charge in [0.1, 0.15) is 54.9 Å². The Kier molecular flexibility index (Phi) is 14.9. The fourth-order valence-electron chi connectivity index (χ4n) is 7.21.